The molecule has 0 saturated carbocycles. The zero-order valence-corrected chi connectivity index (χ0v) is 13.1. The van der Waals surface area contributed by atoms with Crippen LogP contribution in [-0.4, -0.2) is 51.2 Å². The molecular formula is C14H22O8. The number of aliphatic carboxylic acids is 3. The summed E-state index contributed by atoms with van der Waals surface area (Å²) in [7, 11) is 0. The highest BCUT2D eigenvalue weighted by atomic mass is 16.5. The van der Waals surface area contributed by atoms with Crippen LogP contribution in [-0.2, 0) is 23.9 Å². The Labute approximate surface area is 128 Å². The summed E-state index contributed by atoms with van der Waals surface area (Å²) in [6, 6.07) is 0. The summed E-state index contributed by atoms with van der Waals surface area (Å²) in [6.07, 6.45) is -1.34. The van der Waals surface area contributed by atoms with E-state index in [0.29, 0.717) is 0 Å². The number of ether oxygens (including phenoxy) is 1. The second-order valence-corrected chi connectivity index (χ2v) is 5.10. The number of Topliss-reactive ketones (excluding diaryl/α,β-unsaturated/α-hetero) is 1. The molecule has 0 spiro atoms. The van der Waals surface area contributed by atoms with Gasteiger partial charge in [0.2, 0.25) is 0 Å². The van der Waals surface area contributed by atoms with E-state index in [2.05, 4.69) is 0 Å². The number of carboxylic acid groups (broad SMARTS) is 3. The molecule has 3 N–H and O–H groups in total. The molecule has 0 radical (unpaired) electrons. The number of carbonyl (C=O) groups is 4. The summed E-state index contributed by atoms with van der Waals surface area (Å²) in [5.41, 5.74) is -4.74. The quantitative estimate of drug-likeness (QED) is 0.543. The van der Waals surface area contributed by atoms with Crippen LogP contribution in [0.1, 0.15) is 40.5 Å². The van der Waals surface area contributed by atoms with E-state index in [1.54, 1.807) is 0 Å². The lowest BCUT2D eigenvalue weighted by atomic mass is 9.60. The van der Waals surface area contributed by atoms with Crippen molar-refractivity contribution in [3.63, 3.8) is 0 Å². The predicted molar refractivity (Wildman–Crippen MR) is 74.5 cm³/mol. The molecule has 3 unspecified atom stereocenters. The fourth-order valence-corrected chi connectivity index (χ4v) is 2.92. The first-order chi connectivity index (χ1) is 10.0. The van der Waals surface area contributed by atoms with Crippen molar-refractivity contribution in [2.75, 3.05) is 6.61 Å². The van der Waals surface area contributed by atoms with E-state index in [-0.39, 0.29) is 13.0 Å². The van der Waals surface area contributed by atoms with Gasteiger partial charge in [-0.25, -0.2) is 4.79 Å². The summed E-state index contributed by atoms with van der Waals surface area (Å²) in [4.78, 5) is 46.6. The lowest BCUT2D eigenvalue weighted by molar-refractivity contribution is -0.212. The van der Waals surface area contributed by atoms with E-state index in [0.717, 1.165) is 6.92 Å². The van der Waals surface area contributed by atoms with Crippen LogP contribution in [0.5, 0.6) is 0 Å². The average molecular weight is 318 g/mol. The van der Waals surface area contributed by atoms with E-state index in [4.69, 9.17) is 9.84 Å². The van der Waals surface area contributed by atoms with Crippen molar-refractivity contribution in [1.82, 2.24) is 0 Å². The first-order valence-corrected chi connectivity index (χ1v) is 6.86. The van der Waals surface area contributed by atoms with Crippen molar-refractivity contribution in [2.24, 2.45) is 11.3 Å². The number of carboxylic acids is 3. The Kier molecular flexibility index (Phi) is 6.69. The van der Waals surface area contributed by atoms with Gasteiger partial charge in [0, 0.05) is 12.5 Å². The van der Waals surface area contributed by atoms with Gasteiger partial charge in [0.05, 0.1) is 6.42 Å². The monoisotopic (exact) mass is 318 g/mol. The van der Waals surface area contributed by atoms with Crippen LogP contribution < -0.4 is 0 Å². The fourth-order valence-electron chi connectivity index (χ4n) is 2.92. The zero-order valence-electron chi connectivity index (χ0n) is 13.1. The van der Waals surface area contributed by atoms with Gasteiger partial charge in [-0.2, -0.15) is 0 Å². The minimum absolute atomic E-state index is 0.209. The Morgan fingerprint density at radius 3 is 1.77 bits per heavy atom. The highest BCUT2D eigenvalue weighted by molar-refractivity contribution is 5.96. The molecule has 0 rings (SSSR count). The molecule has 22 heavy (non-hydrogen) atoms. The van der Waals surface area contributed by atoms with Gasteiger partial charge >= 0.3 is 17.9 Å². The van der Waals surface area contributed by atoms with Crippen molar-refractivity contribution >= 4 is 23.7 Å². The summed E-state index contributed by atoms with van der Waals surface area (Å²) in [6.45, 7) is 5.03. The highest BCUT2D eigenvalue weighted by Crippen LogP contribution is 2.47. The highest BCUT2D eigenvalue weighted by Gasteiger charge is 2.66. The number of rotatable bonds is 10. The topological polar surface area (TPSA) is 138 Å². The van der Waals surface area contributed by atoms with E-state index >= 15 is 0 Å². The van der Waals surface area contributed by atoms with Gasteiger partial charge in [-0.1, -0.05) is 13.8 Å². The first-order valence-electron chi connectivity index (χ1n) is 6.86. The Morgan fingerprint density at radius 2 is 1.55 bits per heavy atom. The predicted octanol–water partition coefficient (Wildman–Crippen LogP) is 1.03. The van der Waals surface area contributed by atoms with Gasteiger partial charge in [0.25, 0.3) is 0 Å². The van der Waals surface area contributed by atoms with Gasteiger partial charge in [0.1, 0.15) is 11.2 Å². The van der Waals surface area contributed by atoms with E-state index in [1.807, 2.05) is 0 Å². The maximum atomic E-state index is 11.9. The number of hydrogen-bond donors (Lipinski definition) is 3. The Bertz CT molecular complexity index is 471. The molecule has 0 aliphatic rings. The second-order valence-electron chi connectivity index (χ2n) is 5.10. The number of carbonyl (C=O) groups excluding carboxylic acids is 1. The maximum Gasteiger partial charge on any atom is 0.337 e. The standard InChI is InChI=1S/C14H22O8/c1-5-13(11(18)19,8(3)9(4)15)14(12(20)21,22-6-2)7-10(16)17/h8H,5-7H2,1-4H3,(H,16,17)(H,18,19)(H,20,21). The molecule has 8 nitrogen and oxygen atoms in total. The van der Waals surface area contributed by atoms with Gasteiger partial charge in [-0.15, -0.1) is 0 Å². The summed E-state index contributed by atoms with van der Waals surface area (Å²) in [5.74, 6) is -6.61. The third-order valence-electron chi connectivity index (χ3n) is 4.15. The van der Waals surface area contributed by atoms with Crippen LogP contribution in [0.3, 0.4) is 0 Å². The summed E-state index contributed by atoms with van der Waals surface area (Å²) in [5, 5.41) is 28.3. The second kappa shape index (κ2) is 7.35. The van der Waals surface area contributed by atoms with E-state index < -0.39 is 47.0 Å². The van der Waals surface area contributed by atoms with Crippen molar-refractivity contribution in [3.8, 4) is 0 Å². The molecule has 0 bridgehead atoms. The van der Waals surface area contributed by atoms with Crippen LogP contribution in [0, 0.1) is 11.3 Å². The molecule has 0 heterocycles. The molecule has 0 amide bonds. The molecule has 0 aliphatic carbocycles. The Hall–Kier alpha value is -1.96. The number of ketones is 1. The Balaban J connectivity index is 6.62. The molecule has 126 valence electrons. The summed E-state index contributed by atoms with van der Waals surface area (Å²) < 4.78 is 5.18. The average Bonchev–Trinajstić information content (AvgIpc) is 2.38. The van der Waals surface area contributed by atoms with Gasteiger partial charge in [-0.3, -0.25) is 14.4 Å². The first kappa shape index (κ1) is 20.0. The molecule has 0 aliphatic heterocycles. The Morgan fingerprint density at radius 1 is 1.05 bits per heavy atom. The number of hydrogen-bond acceptors (Lipinski definition) is 5. The smallest absolute Gasteiger partial charge is 0.337 e. The molecule has 8 heteroatoms. The molecule has 0 aromatic carbocycles. The van der Waals surface area contributed by atoms with Crippen molar-refractivity contribution in [1.29, 1.82) is 0 Å². The largest absolute Gasteiger partial charge is 0.481 e. The summed E-state index contributed by atoms with van der Waals surface area (Å²) >= 11 is 0. The lowest BCUT2D eigenvalue weighted by Gasteiger charge is -2.46. The van der Waals surface area contributed by atoms with Crippen molar-refractivity contribution < 1.29 is 39.2 Å². The molecular weight excluding hydrogens is 296 g/mol. The SMILES string of the molecule is CCOC(CC(=O)O)(C(=O)O)C(CC)(C(=O)O)C(C)C(C)=O. The lowest BCUT2D eigenvalue weighted by Crippen LogP contribution is -2.64. The molecule has 3 atom stereocenters. The van der Waals surface area contributed by atoms with Crippen LogP contribution in [0.25, 0.3) is 0 Å². The van der Waals surface area contributed by atoms with Crippen LogP contribution in [0.2, 0.25) is 0 Å². The molecule has 0 aromatic heterocycles. The molecule has 0 saturated heterocycles. The third kappa shape index (κ3) is 3.11. The fraction of sp³-hybridized carbons (Fsp3) is 0.714. The van der Waals surface area contributed by atoms with E-state index in [9.17, 15) is 29.4 Å². The molecule has 0 aromatic rings. The van der Waals surface area contributed by atoms with Gasteiger partial charge in [0.15, 0.2) is 5.60 Å². The van der Waals surface area contributed by atoms with Crippen molar-refractivity contribution in [2.45, 2.75) is 46.1 Å². The van der Waals surface area contributed by atoms with E-state index in [1.165, 1.54) is 20.8 Å². The minimum atomic E-state index is -2.54. The maximum absolute atomic E-state index is 11.9. The molecule has 0 fully saturated rings. The minimum Gasteiger partial charge on any atom is -0.481 e. The third-order valence-corrected chi connectivity index (χ3v) is 4.15. The van der Waals surface area contributed by atoms with Gasteiger partial charge in [-0.05, 0) is 20.3 Å². The van der Waals surface area contributed by atoms with Crippen LogP contribution in [0.4, 0.5) is 0 Å². The van der Waals surface area contributed by atoms with Crippen molar-refractivity contribution in [3.05, 3.63) is 0 Å². The normalized spacial score (nSPS) is 17.8. The zero-order chi connectivity index (χ0) is 17.7. The van der Waals surface area contributed by atoms with Crippen LogP contribution >= 0.6 is 0 Å². The van der Waals surface area contributed by atoms with Gasteiger partial charge < -0.3 is 20.1 Å². The van der Waals surface area contributed by atoms with Crippen LogP contribution in [0.15, 0.2) is 0 Å².